The van der Waals surface area contributed by atoms with Gasteiger partial charge >= 0.3 is 0 Å². The molecule has 5 heteroatoms. The van der Waals surface area contributed by atoms with Gasteiger partial charge in [-0.15, -0.1) is 0 Å². The highest BCUT2D eigenvalue weighted by Crippen LogP contribution is 2.12. The van der Waals surface area contributed by atoms with Crippen LogP contribution in [0, 0.1) is 0 Å². The SMILES string of the molecule is CC(C)S(=O)CCCC(=O)Nc1cccc(N)c1. The molecule has 4 nitrogen and oxygen atoms in total. The van der Waals surface area contributed by atoms with E-state index in [1.807, 2.05) is 13.8 Å². The van der Waals surface area contributed by atoms with E-state index in [1.54, 1.807) is 24.3 Å². The molecule has 3 N–H and O–H groups in total. The van der Waals surface area contributed by atoms with Gasteiger partial charge in [-0.05, 0) is 24.6 Å². The summed E-state index contributed by atoms with van der Waals surface area (Å²) in [6.07, 6.45) is 1.02. The largest absolute Gasteiger partial charge is 0.399 e. The van der Waals surface area contributed by atoms with Crippen molar-refractivity contribution in [3.05, 3.63) is 24.3 Å². The third-order valence-electron chi connectivity index (χ3n) is 2.45. The normalized spacial score (nSPS) is 12.4. The lowest BCUT2D eigenvalue weighted by molar-refractivity contribution is -0.116. The minimum Gasteiger partial charge on any atom is -0.399 e. The first-order valence-electron chi connectivity index (χ1n) is 6.01. The second kappa shape index (κ2) is 7.16. The smallest absolute Gasteiger partial charge is 0.224 e. The Labute approximate surface area is 110 Å². The number of hydrogen-bond acceptors (Lipinski definition) is 3. The second-order valence-electron chi connectivity index (χ2n) is 4.41. The van der Waals surface area contributed by atoms with Crippen molar-refractivity contribution in [1.29, 1.82) is 0 Å². The predicted octanol–water partition coefficient (Wildman–Crippen LogP) is 2.14. The molecule has 0 saturated heterocycles. The average molecular weight is 268 g/mol. The lowest BCUT2D eigenvalue weighted by Gasteiger charge is -2.07. The molecule has 1 amide bonds. The second-order valence-corrected chi connectivity index (χ2v) is 6.52. The fourth-order valence-electron chi connectivity index (χ4n) is 1.45. The number of amides is 1. The maximum absolute atomic E-state index is 11.6. The zero-order valence-corrected chi connectivity index (χ0v) is 11.6. The van der Waals surface area contributed by atoms with Crippen molar-refractivity contribution >= 4 is 28.1 Å². The summed E-state index contributed by atoms with van der Waals surface area (Å²) in [7, 11) is -0.838. The van der Waals surface area contributed by atoms with Crippen LogP contribution in [0.15, 0.2) is 24.3 Å². The molecule has 1 aromatic carbocycles. The van der Waals surface area contributed by atoms with E-state index < -0.39 is 10.8 Å². The van der Waals surface area contributed by atoms with E-state index >= 15 is 0 Å². The van der Waals surface area contributed by atoms with Crippen LogP contribution in [0.25, 0.3) is 0 Å². The van der Waals surface area contributed by atoms with E-state index in [1.165, 1.54) is 0 Å². The highest BCUT2D eigenvalue weighted by Gasteiger charge is 2.07. The van der Waals surface area contributed by atoms with Crippen LogP contribution in [-0.2, 0) is 15.6 Å². The molecule has 0 aromatic heterocycles. The molecule has 0 aliphatic rings. The molecule has 0 bridgehead atoms. The van der Waals surface area contributed by atoms with Crippen LogP contribution < -0.4 is 11.1 Å². The Balaban J connectivity index is 2.32. The highest BCUT2D eigenvalue weighted by atomic mass is 32.2. The first-order chi connectivity index (χ1) is 8.49. The van der Waals surface area contributed by atoms with Gasteiger partial charge in [0.25, 0.3) is 0 Å². The number of carbonyl (C=O) groups is 1. The van der Waals surface area contributed by atoms with Gasteiger partial charge in [-0.1, -0.05) is 19.9 Å². The van der Waals surface area contributed by atoms with Crippen LogP contribution in [-0.4, -0.2) is 21.1 Å². The standard InChI is InChI=1S/C13H20N2O2S/c1-10(2)18(17)8-4-7-13(16)15-12-6-3-5-11(14)9-12/h3,5-6,9-10H,4,7-8,14H2,1-2H3,(H,15,16). The van der Waals surface area contributed by atoms with Crippen molar-refractivity contribution in [1.82, 2.24) is 0 Å². The molecule has 0 aliphatic heterocycles. The van der Waals surface area contributed by atoms with Gasteiger partial charge in [0, 0.05) is 39.6 Å². The maximum Gasteiger partial charge on any atom is 0.224 e. The number of nitrogens with two attached hydrogens (primary N) is 1. The molecular formula is C13H20N2O2S. The van der Waals surface area contributed by atoms with Crippen molar-refractivity contribution in [2.24, 2.45) is 0 Å². The van der Waals surface area contributed by atoms with Crippen molar-refractivity contribution in [2.45, 2.75) is 31.9 Å². The van der Waals surface area contributed by atoms with Crippen molar-refractivity contribution in [2.75, 3.05) is 16.8 Å². The van der Waals surface area contributed by atoms with Crippen LogP contribution in [0.5, 0.6) is 0 Å². The monoisotopic (exact) mass is 268 g/mol. The quantitative estimate of drug-likeness (QED) is 0.776. The molecule has 0 fully saturated rings. The van der Waals surface area contributed by atoms with Gasteiger partial charge in [0.1, 0.15) is 0 Å². The first kappa shape index (κ1) is 14.7. The minimum absolute atomic E-state index is 0.0682. The lowest BCUT2D eigenvalue weighted by Crippen LogP contribution is -2.15. The summed E-state index contributed by atoms with van der Waals surface area (Å²) < 4.78 is 11.5. The number of rotatable bonds is 6. The highest BCUT2D eigenvalue weighted by molar-refractivity contribution is 7.85. The lowest BCUT2D eigenvalue weighted by atomic mass is 10.2. The number of benzene rings is 1. The van der Waals surface area contributed by atoms with Gasteiger partial charge in [-0.25, -0.2) is 0 Å². The van der Waals surface area contributed by atoms with Crippen LogP contribution in [0.2, 0.25) is 0 Å². The molecule has 0 aliphatic carbocycles. The fraction of sp³-hybridized carbons (Fsp3) is 0.462. The van der Waals surface area contributed by atoms with Gasteiger partial charge in [-0.3, -0.25) is 9.00 Å². The summed E-state index contributed by atoms with van der Waals surface area (Å²) in [5.41, 5.74) is 6.93. The van der Waals surface area contributed by atoms with Crippen LogP contribution >= 0.6 is 0 Å². The zero-order chi connectivity index (χ0) is 13.5. The Kier molecular flexibility index (Phi) is 5.85. The Morgan fingerprint density at radius 2 is 2.17 bits per heavy atom. The Morgan fingerprint density at radius 3 is 2.78 bits per heavy atom. The molecule has 0 heterocycles. The summed E-state index contributed by atoms with van der Waals surface area (Å²) in [5.74, 6) is 0.503. The minimum atomic E-state index is -0.838. The summed E-state index contributed by atoms with van der Waals surface area (Å²) in [4.78, 5) is 11.6. The number of nitrogens with one attached hydrogen (secondary N) is 1. The maximum atomic E-state index is 11.6. The van der Waals surface area contributed by atoms with Crippen molar-refractivity contribution in [3.63, 3.8) is 0 Å². The van der Waals surface area contributed by atoms with Gasteiger partial charge in [0.2, 0.25) is 5.91 Å². The number of anilines is 2. The summed E-state index contributed by atoms with van der Waals surface area (Å²) in [6.45, 7) is 3.84. The van der Waals surface area contributed by atoms with Crippen molar-refractivity contribution in [3.8, 4) is 0 Å². The molecule has 1 aromatic rings. The number of nitrogen functional groups attached to an aromatic ring is 1. The first-order valence-corrected chi connectivity index (χ1v) is 7.40. The molecule has 1 atom stereocenters. The average Bonchev–Trinajstić information content (AvgIpc) is 2.28. The van der Waals surface area contributed by atoms with Crippen LogP contribution in [0.1, 0.15) is 26.7 Å². The van der Waals surface area contributed by atoms with Gasteiger partial charge < -0.3 is 11.1 Å². The van der Waals surface area contributed by atoms with Gasteiger partial charge in [0.05, 0.1) is 0 Å². The molecule has 0 spiro atoms. The topological polar surface area (TPSA) is 72.2 Å². The third kappa shape index (κ3) is 5.31. The van der Waals surface area contributed by atoms with E-state index in [0.29, 0.717) is 30.0 Å². The number of carbonyl (C=O) groups excluding carboxylic acids is 1. The zero-order valence-electron chi connectivity index (χ0n) is 10.8. The van der Waals surface area contributed by atoms with Crippen LogP contribution in [0.3, 0.4) is 0 Å². The molecule has 1 rings (SSSR count). The van der Waals surface area contributed by atoms with E-state index in [-0.39, 0.29) is 11.2 Å². The van der Waals surface area contributed by atoms with Crippen molar-refractivity contribution < 1.29 is 9.00 Å². The number of hydrogen-bond donors (Lipinski definition) is 2. The molecule has 18 heavy (non-hydrogen) atoms. The summed E-state index contributed by atoms with van der Waals surface area (Å²) >= 11 is 0. The van der Waals surface area contributed by atoms with Crippen LogP contribution in [0.4, 0.5) is 11.4 Å². The van der Waals surface area contributed by atoms with Gasteiger partial charge in [-0.2, -0.15) is 0 Å². The Morgan fingerprint density at radius 1 is 1.44 bits per heavy atom. The van der Waals surface area contributed by atoms with E-state index in [0.717, 1.165) is 0 Å². The molecule has 0 saturated carbocycles. The molecule has 100 valence electrons. The Bertz CT molecular complexity index is 433. The molecular weight excluding hydrogens is 248 g/mol. The molecule has 0 radical (unpaired) electrons. The summed E-state index contributed by atoms with van der Waals surface area (Å²) in [6, 6.07) is 7.06. The van der Waals surface area contributed by atoms with E-state index in [2.05, 4.69) is 5.32 Å². The fourth-order valence-corrected chi connectivity index (χ4v) is 2.35. The van der Waals surface area contributed by atoms with Gasteiger partial charge in [0.15, 0.2) is 0 Å². The Hall–Kier alpha value is -1.36. The van der Waals surface area contributed by atoms with E-state index in [9.17, 15) is 9.00 Å². The third-order valence-corrected chi connectivity index (χ3v) is 4.19. The van der Waals surface area contributed by atoms with E-state index in [4.69, 9.17) is 5.73 Å². The predicted molar refractivity (Wildman–Crippen MR) is 76.9 cm³/mol. The summed E-state index contributed by atoms with van der Waals surface area (Å²) in [5, 5.41) is 2.92. The molecule has 1 unspecified atom stereocenters.